The molecule has 0 saturated heterocycles. The van der Waals surface area contributed by atoms with Crippen LogP contribution in [0.25, 0.3) is 0 Å². The second-order valence-corrected chi connectivity index (χ2v) is 2.70. The van der Waals surface area contributed by atoms with Crippen molar-refractivity contribution in [1.82, 2.24) is 5.06 Å². The summed E-state index contributed by atoms with van der Waals surface area (Å²) in [6, 6.07) is 0. The number of hydrogen-bond acceptors (Lipinski definition) is 2. The summed E-state index contributed by atoms with van der Waals surface area (Å²) in [7, 11) is 1.58. The van der Waals surface area contributed by atoms with E-state index in [0.29, 0.717) is 12.5 Å². The van der Waals surface area contributed by atoms with Gasteiger partial charge in [-0.15, -0.1) is 0 Å². The van der Waals surface area contributed by atoms with Crippen molar-refractivity contribution in [3.8, 4) is 0 Å². The minimum atomic E-state index is 0.553. The third kappa shape index (κ3) is 5.80. The fourth-order valence-electron chi connectivity index (χ4n) is 1.02. The Morgan fingerprint density at radius 3 is 2.44 bits per heavy atom. The lowest BCUT2D eigenvalue weighted by Crippen LogP contribution is -2.17. The maximum atomic E-state index is 10.4. The highest BCUT2D eigenvalue weighted by atomic mass is 16.5. The van der Waals surface area contributed by atoms with Gasteiger partial charge in [-0.3, -0.25) is 0 Å². The molecule has 1 atom stereocenters. The van der Waals surface area contributed by atoms with Gasteiger partial charge in [0.15, 0.2) is 0 Å². The average molecular weight is 130 g/mol. The summed E-state index contributed by atoms with van der Waals surface area (Å²) in [6.45, 7) is 4.92. The minimum Gasteiger partial charge on any atom is -0.785 e. The van der Waals surface area contributed by atoms with Gasteiger partial charge in [0.1, 0.15) is 0 Å². The first-order valence-electron chi connectivity index (χ1n) is 3.55. The molecule has 0 N–H and O–H groups in total. The maximum Gasteiger partial charge on any atom is -0.0120 e. The quantitative estimate of drug-likeness (QED) is 0.543. The van der Waals surface area contributed by atoms with E-state index in [9.17, 15) is 5.21 Å². The summed E-state index contributed by atoms with van der Waals surface area (Å²) in [5.41, 5.74) is 0. The second-order valence-electron chi connectivity index (χ2n) is 2.70. The van der Waals surface area contributed by atoms with Crippen LogP contribution >= 0.6 is 0 Å². The molecule has 0 aliphatic heterocycles. The van der Waals surface area contributed by atoms with Crippen molar-refractivity contribution in [3.05, 3.63) is 5.21 Å². The number of nitrogens with zero attached hydrogens (tertiary/aromatic N) is 1. The summed E-state index contributed by atoms with van der Waals surface area (Å²) in [5, 5.41) is 11.4. The normalized spacial score (nSPS) is 14.3. The molecular weight excluding hydrogens is 114 g/mol. The van der Waals surface area contributed by atoms with Crippen molar-refractivity contribution in [2.75, 3.05) is 13.6 Å². The van der Waals surface area contributed by atoms with Gasteiger partial charge < -0.3 is 10.3 Å². The van der Waals surface area contributed by atoms with Crippen molar-refractivity contribution >= 4 is 0 Å². The Morgan fingerprint density at radius 2 is 2.11 bits per heavy atom. The van der Waals surface area contributed by atoms with Gasteiger partial charge >= 0.3 is 0 Å². The molecule has 0 spiro atoms. The lowest BCUT2D eigenvalue weighted by Gasteiger charge is -2.25. The van der Waals surface area contributed by atoms with Crippen LogP contribution in [0.1, 0.15) is 26.7 Å². The number of hydroxylamine groups is 2. The lowest BCUT2D eigenvalue weighted by atomic mass is 10.1. The first-order valence-corrected chi connectivity index (χ1v) is 3.55. The first-order chi connectivity index (χ1) is 4.16. The average Bonchev–Trinajstić information content (AvgIpc) is 1.63. The summed E-state index contributed by atoms with van der Waals surface area (Å²) in [4.78, 5) is 0. The Kier molecular flexibility index (Phi) is 4.72. The molecule has 0 aliphatic carbocycles. The van der Waals surface area contributed by atoms with Crippen molar-refractivity contribution in [2.24, 2.45) is 5.92 Å². The van der Waals surface area contributed by atoms with Crippen molar-refractivity contribution < 1.29 is 0 Å². The molecule has 0 aliphatic rings. The topological polar surface area (TPSA) is 26.3 Å². The zero-order chi connectivity index (χ0) is 7.28. The summed E-state index contributed by atoms with van der Waals surface area (Å²) in [6.07, 6.45) is 2.33. The Hall–Kier alpha value is -0.0800. The molecular formula is C7H16NO-. The van der Waals surface area contributed by atoms with Crippen LogP contribution in [-0.4, -0.2) is 18.7 Å². The minimum absolute atomic E-state index is 0.553. The highest BCUT2D eigenvalue weighted by molar-refractivity contribution is 4.57. The van der Waals surface area contributed by atoms with E-state index in [-0.39, 0.29) is 0 Å². The van der Waals surface area contributed by atoms with Gasteiger partial charge in [-0.1, -0.05) is 20.3 Å². The summed E-state index contributed by atoms with van der Waals surface area (Å²) >= 11 is 0. The van der Waals surface area contributed by atoms with E-state index in [4.69, 9.17) is 0 Å². The largest absolute Gasteiger partial charge is 0.785 e. The van der Waals surface area contributed by atoms with E-state index >= 15 is 0 Å². The van der Waals surface area contributed by atoms with E-state index in [1.165, 1.54) is 6.42 Å². The first kappa shape index (κ1) is 8.92. The van der Waals surface area contributed by atoms with Crippen molar-refractivity contribution in [1.29, 1.82) is 0 Å². The van der Waals surface area contributed by atoms with E-state index < -0.39 is 0 Å². The van der Waals surface area contributed by atoms with Crippen LogP contribution in [0.5, 0.6) is 0 Å². The monoisotopic (exact) mass is 130 g/mol. The fourth-order valence-corrected chi connectivity index (χ4v) is 1.02. The Bertz CT molecular complexity index is 63.9. The molecule has 0 fully saturated rings. The molecule has 9 heavy (non-hydrogen) atoms. The predicted octanol–water partition coefficient (Wildman–Crippen LogP) is 1.85. The van der Waals surface area contributed by atoms with E-state index in [0.717, 1.165) is 11.5 Å². The number of rotatable bonds is 4. The lowest BCUT2D eigenvalue weighted by molar-refractivity contribution is 0.357. The fraction of sp³-hybridized carbons (Fsp3) is 1.00. The zero-order valence-corrected chi connectivity index (χ0v) is 6.55. The molecule has 0 rings (SSSR count). The maximum absolute atomic E-state index is 10.4. The van der Waals surface area contributed by atoms with Crippen LogP contribution in [-0.2, 0) is 0 Å². The van der Waals surface area contributed by atoms with Gasteiger partial charge in [0, 0.05) is 0 Å². The van der Waals surface area contributed by atoms with E-state index in [2.05, 4.69) is 13.8 Å². The molecule has 0 aromatic carbocycles. The molecule has 0 bridgehead atoms. The molecule has 0 heterocycles. The van der Waals surface area contributed by atoms with Crippen LogP contribution in [0, 0.1) is 11.1 Å². The standard InChI is InChI=1S/C7H16NO/c1-4-5-7(2)6-8(3)9/h7H,4-6H2,1-3H3/q-1. The van der Waals surface area contributed by atoms with Gasteiger partial charge in [0.05, 0.1) is 0 Å². The molecule has 2 nitrogen and oxygen atoms in total. The van der Waals surface area contributed by atoms with E-state index in [1.54, 1.807) is 7.05 Å². The Labute approximate surface area is 57.4 Å². The predicted molar refractivity (Wildman–Crippen MR) is 40.1 cm³/mol. The molecule has 0 aromatic heterocycles. The van der Waals surface area contributed by atoms with Gasteiger partial charge in [0.2, 0.25) is 0 Å². The molecule has 0 aromatic rings. The van der Waals surface area contributed by atoms with Gasteiger partial charge in [0.25, 0.3) is 0 Å². The third-order valence-electron chi connectivity index (χ3n) is 1.35. The van der Waals surface area contributed by atoms with Crippen LogP contribution in [0.3, 0.4) is 0 Å². The molecule has 0 amide bonds. The highest BCUT2D eigenvalue weighted by Crippen LogP contribution is 2.04. The van der Waals surface area contributed by atoms with Gasteiger partial charge in [-0.2, -0.15) is 0 Å². The molecule has 56 valence electrons. The van der Waals surface area contributed by atoms with Crippen LogP contribution in [0.4, 0.5) is 0 Å². The zero-order valence-electron chi connectivity index (χ0n) is 6.55. The van der Waals surface area contributed by atoms with Crippen molar-refractivity contribution in [3.63, 3.8) is 0 Å². The third-order valence-corrected chi connectivity index (χ3v) is 1.35. The van der Waals surface area contributed by atoms with Crippen LogP contribution in [0.15, 0.2) is 0 Å². The number of hydrogen-bond donors (Lipinski definition) is 0. The van der Waals surface area contributed by atoms with Gasteiger partial charge in [-0.05, 0) is 25.9 Å². The Morgan fingerprint density at radius 1 is 1.56 bits per heavy atom. The molecule has 0 radical (unpaired) electrons. The van der Waals surface area contributed by atoms with Crippen molar-refractivity contribution in [2.45, 2.75) is 26.7 Å². The smallest absolute Gasteiger partial charge is 0.0120 e. The highest BCUT2D eigenvalue weighted by Gasteiger charge is 1.97. The molecule has 2 heteroatoms. The molecule has 1 unspecified atom stereocenters. The van der Waals surface area contributed by atoms with E-state index in [1.807, 2.05) is 0 Å². The van der Waals surface area contributed by atoms with Gasteiger partial charge in [-0.25, -0.2) is 0 Å². The SMILES string of the molecule is CCCC(C)CN(C)[O-]. The summed E-state index contributed by atoms with van der Waals surface area (Å²) in [5.74, 6) is 0.553. The van der Waals surface area contributed by atoms with Crippen LogP contribution < -0.4 is 0 Å². The molecule has 0 saturated carbocycles. The van der Waals surface area contributed by atoms with Crippen LogP contribution in [0.2, 0.25) is 0 Å². The summed E-state index contributed by atoms with van der Waals surface area (Å²) < 4.78 is 0. The second kappa shape index (κ2) is 4.77. The Balaban J connectivity index is 3.15.